The maximum absolute atomic E-state index is 14.1. The molecule has 0 saturated heterocycles. The van der Waals surface area contributed by atoms with Crippen molar-refractivity contribution in [2.45, 2.75) is 70.7 Å². The Morgan fingerprint density at radius 1 is 0.857 bits per heavy atom. The molecule has 0 saturated carbocycles. The maximum atomic E-state index is 14.1. The summed E-state index contributed by atoms with van der Waals surface area (Å²) in [6.45, 7) is 10.2. The molecule has 42 heavy (non-hydrogen) atoms. The summed E-state index contributed by atoms with van der Waals surface area (Å²) in [6, 6.07) is 9.49. The number of nitrogens with one attached hydrogen (secondary N) is 2. The second-order valence-electron chi connectivity index (χ2n) is 10.8. The summed E-state index contributed by atoms with van der Waals surface area (Å²) in [5, 5.41) is 15.7. The van der Waals surface area contributed by atoms with Crippen LogP contribution in [0, 0.1) is 10.8 Å². The molecule has 0 aliphatic heterocycles. The van der Waals surface area contributed by atoms with Crippen LogP contribution in [0.2, 0.25) is 0 Å². The third-order valence-electron chi connectivity index (χ3n) is 9.19. The van der Waals surface area contributed by atoms with E-state index in [9.17, 15) is 27.7 Å². The second kappa shape index (κ2) is 11.0. The highest BCUT2D eigenvalue weighted by Crippen LogP contribution is 2.58. The number of carbonyl (C=O) groups excluding carboxylic acids is 2. The van der Waals surface area contributed by atoms with Crippen LogP contribution in [0.25, 0.3) is 0 Å². The molecule has 0 spiro atoms. The Hall–Kier alpha value is -3.94. The molecule has 1 aromatic heterocycles. The molecule has 1 heterocycles. The van der Waals surface area contributed by atoms with Gasteiger partial charge in [-0.1, -0.05) is 59.6 Å². The largest absolute Gasteiger partial charge is 0.479 e. The van der Waals surface area contributed by atoms with E-state index in [-0.39, 0.29) is 34.1 Å². The number of fused-ring (bicyclic) bond motifs is 1. The summed E-state index contributed by atoms with van der Waals surface area (Å²) in [7, 11) is -4.56. The van der Waals surface area contributed by atoms with Gasteiger partial charge in [0.1, 0.15) is 10.4 Å². The van der Waals surface area contributed by atoms with Crippen molar-refractivity contribution >= 4 is 45.0 Å². The molecule has 1 unspecified atom stereocenters. The van der Waals surface area contributed by atoms with Crippen LogP contribution < -0.4 is 16.4 Å². The summed E-state index contributed by atoms with van der Waals surface area (Å²) >= 11 is 0. The zero-order valence-corrected chi connectivity index (χ0v) is 25.0. The van der Waals surface area contributed by atoms with E-state index in [1.165, 1.54) is 30.3 Å². The normalized spacial score (nSPS) is 17.3. The first-order chi connectivity index (χ1) is 19.7. The fourth-order valence-electron chi connectivity index (χ4n) is 6.56. The molecule has 0 fully saturated rings. The van der Waals surface area contributed by atoms with Crippen LogP contribution in [0.4, 0.5) is 23.3 Å². The minimum atomic E-state index is -4.56. The molecule has 0 amide bonds. The van der Waals surface area contributed by atoms with Gasteiger partial charge >= 0.3 is 6.01 Å². The van der Waals surface area contributed by atoms with Crippen LogP contribution in [0.15, 0.2) is 47.4 Å². The molecule has 1 aliphatic rings. The Morgan fingerprint density at radius 3 is 2.00 bits per heavy atom. The van der Waals surface area contributed by atoms with Gasteiger partial charge in [-0.3, -0.25) is 14.1 Å². The van der Waals surface area contributed by atoms with Crippen LogP contribution in [-0.2, 0) is 10.1 Å². The summed E-state index contributed by atoms with van der Waals surface area (Å²) < 4.78 is 33.0. The van der Waals surface area contributed by atoms with Crippen molar-refractivity contribution in [2.24, 2.45) is 16.6 Å². The van der Waals surface area contributed by atoms with E-state index in [0.717, 1.165) is 12.8 Å². The molecule has 0 radical (unpaired) electrons. The molecule has 3 aromatic rings. The molecule has 12 nitrogen and oxygen atoms in total. The number of anilines is 4. The number of rotatable bonds is 11. The zero-order chi connectivity index (χ0) is 31.1. The number of nitrogens with two attached hydrogens (primary N) is 1. The number of nitrogens with zero attached hydrogens (tertiary/aromatic N) is 3. The van der Waals surface area contributed by atoms with E-state index >= 15 is 0 Å². The van der Waals surface area contributed by atoms with E-state index in [2.05, 4.69) is 46.4 Å². The first-order valence-corrected chi connectivity index (χ1v) is 15.2. The second-order valence-corrected chi connectivity index (χ2v) is 12.2. The van der Waals surface area contributed by atoms with Gasteiger partial charge in [-0.25, -0.2) is 0 Å². The van der Waals surface area contributed by atoms with Crippen LogP contribution >= 0.6 is 0 Å². The highest BCUT2D eigenvalue weighted by atomic mass is 32.2. The first kappa shape index (κ1) is 31.0. The average Bonchev–Trinajstić information content (AvgIpc) is 3.14. The molecule has 1 aliphatic carbocycles. The van der Waals surface area contributed by atoms with Crippen molar-refractivity contribution in [2.75, 3.05) is 10.6 Å². The van der Waals surface area contributed by atoms with Gasteiger partial charge in [0.2, 0.25) is 11.9 Å². The van der Waals surface area contributed by atoms with Gasteiger partial charge in [0.05, 0.1) is 5.69 Å². The molecule has 2 aromatic carbocycles. The lowest BCUT2D eigenvalue weighted by Crippen LogP contribution is -2.68. The monoisotopic (exact) mass is 596 g/mol. The molecule has 1 atom stereocenters. The molecule has 13 heteroatoms. The minimum Gasteiger partial charge on any atom is -0.479 e. The van der Waals surface area contributed by atoms with E-state index < -0.39 is 43.5 Å². The van der Waals surface area contributed by atoms with Gasteiger partial charge in [0.25, 0.3) is 10.1 Å². The Labute approximate surface area is 244 Å². The number of Topliss-reactive ketones (excluding diaryl/α,β-unsaturated/α-hetero) is 2. The van der Waals surface area contributed by atoms with Crippen molar-refractivity contribution in [1.82, 2.24) is 15.0 Å². The van der Waals surface area contributed by atoms with Crippen molar-refractivity contribution in [3.63, 3.8) is 0 Å². The number of para-hydroxylation sites is 1. The molecular formula is C29H36N6O6S. The highest BCUT2D eigenvalue weighted by molar-refractivity contribution is 7.86. The van der Waals surface area contributed by atoms with Gasteiger partial charge in [-0.05, 0) is 48.6 Å². The lowest BCUT2D eigenvalue weighted by atomic mass is 9.49. The summed E-state index contributed by atoms with van der Waals surface area (Å²) in [4.78, 5) is 39.3. The fourth-order valence-corrected chi connectivity index (χ4v) is 7.20. The molecule has 0 bridgehead atoms. The van der Waals surface area contributed by atoms with Crippen LogP contribution in [-0.4, -0.2) is 50.1 Å². The lowest BCUT2D eigenvalue weighted by Gasteiger charge is -2.55. The summed E-state index contributed by atoms with van der Waals surface area (Å²) in [6.07, 6.45) is 2.61. The number of ketones is 2. The highest BCUT2D eigenvalue weighted by Gasteiger charge is 2.66. The summed E-state index contributed by atoms with van der Waals surface area (Å²) in [5.74, 6) is -1.19. The number of hydrogen-bond donors (Lipinski definition) is 5. The van der Waals surface area contributed by atoms with E-state index in [1.807, 2.05) is 13.8 Å². The predicted octanol–water partition coefficient (Wildman–Crippen LogP) is 5.02. The number of aromatic hydroxyl groups is 1. The number of carbonyl (C=O) groups is 2. The van der Waals surface area contributed by atoms with Gasteiger partial charge in [-0.15, -0.1) is 0 Å². The fraction of sp³-hybridized carbons (Fsp3) is 0.414. The molecule has 6 N–H and O–H groups in total. The number of aromatic nitrogens is 3. The third-order valence-corrected chi connectivity index (χ3v) is 10.1. The van der Waals surface area contributed by atoms with Crippen molar-refractivity contribution in [3.05, 3.63) is 53.6 Å². The third kappa shape index (κ3) is 4.80. The van der Waals surface area contributed by atoms with Gasteiger partial charge in [-0.2, -0.15) is 23.4 Å². The minimum absolute atomic E-state index is 0.0287. The number of hydrogen-bond acceptors (Lipinski definition) is 11. The topological polar surface area (TPSA) is 197 Å². The Kier molecular flexibility index (Phi) is 8.15. The smallest absolute Gasteiger partial charge is 0.320 e. The SMILES string of the molecule is CCC(C)(CC)C(CC)(CC)C1(N)C(=O)c2ccc(Nc3nc(O)nc(Nc4ccccc4S(=O)(=O)O)n3)cc2C1=O. The van der Waals surface area contributed by atoms with E-state index in [1.54, 1.807) is 12.1 Å². The molecule has 224 valence electrons. The molecule has 4 rings (SSSR count). The molecular weight excluding hydrogens is 560 g/mol. The van der Waals surface area contributed by atoms with Gasteiger partial charge < -0.3 is 21.5 Å². The van der Waals surface area contributed by atoms with Crippen molar-refractivity contribution < 1.29 is 27.7 Å². The predicted molar refractivity (Wildman–Crippen MR) is 158 cm³/mol. The Bertz CT molecular complexity index is 1650. The van der Waals surface area contributed by atoms with Crippen LogP contribution in [0.5, 0.6) is 6.01 Å². The van der Waals surface area contributed by atoms with Crippen LogP contribution in [0.3, 0.4) is 0 Å². The standard InChI is InChI=1S/C29H36N6O6S/c1-6-27(5,7-2)28(8-3,9-4)29(30)22(36)18-15-14-17(16-19(18)23(29)37)31-24-33-25(35-26(38)34-24)32-20-12-10-11-13-21(20)42(39,40)41/h10-16H,6-9,30H2,1-5H3,(H,39,40,41)(H3,31,32,33,34,35,38). The Morgan fingerprint density at radius 2 is 1.43 bits per heavy atom. The van der Waals surface area contributed by atoms with E-state index in [4.69, 9.17) is 5.73 Å². The average molecular weight is 597 g/mol. The lowest BCUT2D eigenvalue weighted by molar-refractivity contribution is -0.0228. The van der Waals surface area contributed by atoms with Crippen molar-refractivity contribution in [1.29, 1.82) is 0 Å². The van der Waals surface area contributed by atoms with E-state index in [0.29, 0.717) is 18.5 Å². The number of benzene rings is 2. The van der Waals surface area contributed by atoms with Crippen molar-refractivity contribution in [3.8, 4) is 6.01 Å². The van der Waals surface area contributed by atoms with Gasteiger partial charge in [0, 0.05) is 22.2 Å². The summed E-state index contributed by atoms with van der Waals surface area (Å²) in [5.41, 5.74) is 4.82. The Balaban J connectivity index is 1.70. The van der Waals surface area contributed by atoms with Gasteiger partial charge in [0.15, 0.2) is 11.6 Å². The maximum Gasteiger partial charge on any atom is 0.320 e. The quantitative estimate of drug-likeness (QED) is 0.146. The zero-order valence-electron chi connectivity index (χ0n) is 24.2. The van der Waals surface area contributed by atoms with Crippen LogP contribution in [0.1, 0.15) is 81.0 Å². The first-order valence-electron chi connectivity index (χ1n) is 13.8.